The van der Waals surface area contributed by atoms with Gasteiger partial charge in [-0.25, -0.2) is 13.2 Å². The molecule has 0 aliphatic carbocycles. The molecule has 3 heterocycles. The van der Waals surface area contributed by atoms with Gasteiger partial charge in [0.25, 0.3) is 10.0 Å². The van der Waals surface area contributed by atoms with Gasteiger partial charge in [0, 0.05) is 40.1 Å². The molecule has 35 heavy (non-hydrogen) atoms. The average molecular weight is 531 g/mol. The van der Waals surface area contributed by atoms with E-state index in [0.29, 0.717) is 31.9 Å². The minimum atomic E-state index is -4.09. The number of benzene rings is 2. The van der Waals surface area contributed by atoms with E-state index in [4.69, 9.17) is 17.3 Å². The molecule has 4 aromatic rings. The van der Waals surface area contributed by atoms with E-state index in [0.717, 1.165) is 21.0 Å². The van der Waals surface area contributed by atoms with Crippen LogP contribution in [-0.2, 0) is 26.2 Å². The number of nitrogens with two attached hydrogens (primary N) is 1. The number of hydrogen-bond donors (Lipinski definition) is 2. The largest absolute Gasteiger partial charge is 0.480 e. The normalized spacial score (nSPS) is 17.3. The van der Waals surface area contributed by atoms with E-state index in [1.54, 1.807) is 48.7 Å². The lowest BCUT2D eigenvalue weighted by atomic mass is 10.1. The number of pyridine rings is 1. The third-order valence-electron chi connectivity index (χ3n) is 5.92. The molecule has 5 rings (SSSR count). The molecule has 1 saturated heterocycles. The van der Waals surface area contributed by atoms with Crippen LogP contribution in [0, 0.1) is 0 Å². The van der Waals surface area contributed by atoms with Crippen molar-refractivity contribution in [3.63, 3.8) is 0 Å². The summed E-state index contributed by atoms with van der Waals surface area (Å²) in [5.74, 6) is -1.89. The Labute approximate surface area is 209 Å². The monoisotopic (exact) mass is 530 g/mol. The van der Waals surface area contributed by atoms with Crippen LogP contribution in [0.3, 0.4) is 0 Å². The maximum absolute atomic E-state index is 13.3. The van der Waals surface area contributed by atoms with E-state index in [-0.39, 0.29) is 17.3 Å². The van der Waals surface area contributed by atoms with Crippen molar-refractivity contribution in [3.8, 4) is 0 Å². The van der Waals surface area contributed by atoms with Crippen molar-refractivity contribution in [2.75, 3.05) is 18.8 Å². The summed E-state index contributed by atoms with van der Waals surface area (Å²) in [6, 6.07) is 12.1. The second-order valence-corrected chi connectivity index (χ2v) is 11.9. The zero-order valence-corrected chi connectivity index (χ0v) is 20.5. The van der Waals surface area contributed by atoms with Crippen LogP contribution in [0.15, 0.2) is 58.9 Å². The number of aromatic nitrogens is 1. The number of rotatable bonds is 5. The molecule has 1 atom stereocenters. The van der Waals surface area contributed by atoms with Gasteiger partial charge in [0.1, 0.15) is 10.3 Å². The third-order valence-corrected chi connectivity index (χ3v) is 9.51. The van der Waals surface area contributed by atoms with Gasteiger partial charge in [-0.15, -0.1) is 11.3 Å². The molecule has 1 fully saturated rings. The highest BCUT2D eigenvalue weighted by Crippen LogP contribution is 2.34. The Morgan fingerprint density at radius 2 is 2.00 bits per heavy atom. The van der Waals surface area contributed by atoms with Crippen LogP contribution >= 0.6 is 22.9 Å². The standard InChI is InChI=1S/C23H19ClN4O5S2/c24-15-3-2-14-8-22(34-20(14)9-15)35(32,33)27-11-19(23(30)31)28(21(29)12-27)10-13-1-4-16-17(25)5-6-26-18(16)7-13/h1-9,19H,10-12H2,(H2,25,26)(H,30,31)/t19-/m0/s1. The highest BCUT2D eigenvalue weighted by atomic mass is 35.5. The van der Waals surface area contributed by atoms with Crippen molar-refractivity contribution < 1.29 is 23.1 Å². The second-order valence-electron chi connectivity index (χ2n) is 8.17. The zero-order valence-electron chi connectivity index (χ0n) is 18.1. The Balaban J connectivity index is 1.43. The van der Waals surface area contributed by atoms with Crippen molar-refractivity contribution >= 4 is 71.5 Å². The predicted molar refractivity (Wildman–Crippen MR) is 134 cm³/mol. The fourth-order valence-corrected chi connectivity index (χ4v) is 7.34. The quantitative estimate of drug-likeness (QED) is 0.404. The molecule has 1 aliphatic rings. The van der Waals surface area contributed by atoms with Crippen LogP contribution in [0.5, 0.6) is 0 Å². The molecular weight excluding hydrogens is 512 g/mol. The van der Waals surface area contributed by atoms with Crippen molar-refractivity contribution in [1.82, 2.24) is 14.2 Å². The van der Waals surface area contributed by atoms with Crippen molar-refractivity contribution in [3.05, 3.63) is 65.3 Å². The number of anilines is 1. The van der Waals surface area contributed by atoms with E-state index in [1.807, 2.05) is 0 Å². The number of aliphatic carboxylic acids is 1. The summed E-state index contributed by atoms with van der Waals surface area (Å²) in [5, 5.41) is 11.8. The summed E-state index contributed by atoms with van der Waals surface area (Å²) < 4.78 is 28.3. The SMILES string of the molecule is Nc1ccnc2cc(CN3C(=O)CN(S(=O)(=O)c4cc5ccc(Cl)cc5s4)C[C@H]3C(=O)O)ccc12. The summed E-state index contributed by atoms with van der Waals surface area (Å²) in [4.78, 5) is 30.6. The number of carbonyl (C=O) groups is 2. The van der Waals surface area contributed by atoms with Crippen LogP contribution in [0.2, 0.25) is 5.02 Å². The number of fused-ring (bicyclic) bond motifs is 2. The number of nitrogens with zero attached hydrogens (tertiary/aromatic N) is 3. The lowest BCUT2D eigenvalue weighted by Crippen LogP contribution is -2.59. The first-order valence-corrected chi connectivity index (χ1v) is 13.1. The van der Waals surface area contributed by atoms with Gasteiger partial charge in [-0.3, -0.25) is 9.78 Å². The lowest BCUT2D eigenvalue weighted by molar-refractivity contribution is -0.154. The van der Waals surface area contributed by atoms with Gasteiger partial charge in [-0.2, -0.15) is 4.31 Å². The maximum Gasteiger partial charge on any atom is 0.327 e. The fourth-order valence-electron chi connectivity index (χ4n) is 4.11. The van der Waals surface area contributed by atoms with Gasteiger partial charge >= 0.3 is 5.97 Å². The van der Waals surface area contributed by atoms with E-state index in [2.05, 4.69) is 4.98 Å². The van der Waals surface area contributed by atoms with E-state index < -0.39 is 34.5 Å². The minimum Gasteiger partial charge on any atom is -0.480 e. The highest BCUT2D eigenvalue weighted by Gasteiger charge is 2.42. The number of thiophene rings is 1. The van der Waals surface area contributed by atoms with Gasteiger partial charge in [0.2, 0.25) is 5.91 Å². The van der Waals surface area contributed by atoms with Crippen LogP contribution in [0.1, 0.15) is 5.56 Å². The molecule has 0 saturated carbocycles. The summed E-state index contributed by atoms with van der Waals surface area (Å²) in [6.45, 7) is -0.825. The minimum absolute atomic E-state index is 0.00249. The van der Waals surface area contributed by atoms with Crippen LogP contribution in [-0.4, -0.2) is 58.7 Å². The molecule has 1 amide bonds. The Kier molecular flexibility index (Phi) is 5.88. The van der Waals surface area contributed by atoms with Crippen LogP contribution < -0.4 is 5.73 Å². The van der Waals surface area contributed by atoms with Gasteiger partial charge in [0.15, 0.2) is 0 Å². The molecule has 2 aromatic heterocycles. The van der Waals surface area contributed by atoms with Crippen molar-refractivity contribution in [2.24, 2.45) is 0 Å². The summed E-state index contributed by atoms with van der Waals surface area (Å²) >= 11 is 7.03. The molecule has 1 aliphatic heterocycles. The van der Waals surface area contributed by atoms with Gasteiger partial charge < -0.3 is 15.7 Å². The van der Waals surface area contributed by atoms with Crippen LogP contribution in [0.4, 0.5) is 5.69 Å². The van der Waals surface area contributed by atoms with Gasteiger partial charge in [0.05, 0.1) is 12.1 Å². The van der Waals surface area contributed by atoms with E-state index in [1.165, 1.54) is 11.0 Å². The van der Waals surface area contributed by atoms with Crippen molar-refractivity contribution in [1.29, 1.82) is 0 Å². The first-order chi connectivity index (χ1) is 16.6. The second kappa shape index (κ2) is 8.76. The number of sulfonamides is 1. The number of carbonyl (C=O) groups excluding carboxylic acids is 1. The van der Waals surface area contributed by atoms with Gasteiger partial charge in [-0.1, -0.05) is 29.8 Å². The van der Waals surface area contributed by atoms with E-state index in [9.17, 15) is 23.1 Å². The lowest BCUT2D eigenvalue weighted by Gasteiger charge is -2.38. The Bertz CT molecular complexity index is 1600. The molecule has 3 N–H and O–H groups in total. The molecule has 0 spiro atoms. The molecule has 180 valence electrons. The first-order valence-electron chi connectivity index (χ1n) is 10.5. The smallest absolute Gasteiger partial charge is 0.327 e. The Morgan fingerprint density at radius 3 is 2.77 bits per heavy atom. The molecule has 12 heteroatoms. The zero-order chi connectivity index (χ0) is 24.9. The summed E-state index contributed by atoms with van der Waals surface area (Å²) in [6.07, 6.45) is 1.57. The number of piperazine rings is 1. The van der Waals surface area contributed by atoms with E-state index >= 15 is 0 Å². The number of amides is 1. The van der Waals surface area contributed by atoms with Crippen molar-refractivity contribution in [2.45, 2.75) is 16.8 Å². The summed E-state index contributed by atoms with van der Waals surface area (Å²) in [7, 11) is -4.09. The number of nitrogen functional groups attached to an aromatic ring is 1. The maximum atomic E-state index is 13.3. The average Bonchev–Trinajstić information content (AvgIpc) is 3.24. The first kappa shape index (κ1) is 23.5. The van der Waals surface area contributed by atoms with Crippen LogP contribution in [0.25, 0.3) is 21.0 Å². The third kappa shape index (κ3) is 4.31. The number of halogens is 1. The van der Waals surface area contributed by atoms with Gasteiger partial charge in [-0.05, 0) is 41.3 Å². The molecular formula is C23H19ClN4O5S2. The number of carboxylic acids is 1. The highest BCUT2D eigenvalue weighted by molar-refractivity contribution is 7.91. The topological polar surface area (TPSA) is 134 Å². The Morgan fingerprint density at radius 1 is 1.20 bits per heavy atom. The predicted octanol–water partition coefficient (Wildman–Crippen LogP) is 3.17. The Hall–Kier alpha value is -3.25. The molecule has 0 bridgehead atoms. The molecule has 0 unspecified atom stereocenters. The summed E-state index contributed by atoms with van der Waals surface area (Å²) in [5.41, 5.74) is 7.80. The number of carboxylic acid groups (broad SMARTS) is 1. The molecule has 9 nitrogen and oxygen atoms in total. The molecule has 2 aromatic carbocycles. The number of hydrogen-bond acceptors (Lipinski definition) is 7. The molecule has 0 radical (unpaired) electrons. The fraction of sp³-hybridized carbons (Fsp3) is 0.174.